The van der Waals surface area contributed by atoms with Crippen molar-refractivity contribution < 1.29 is 9.84 Å². The zero-order chi connectivity index (χ0) is 11.2. The minimum Gasteiger partial charge on any atom is -0.396 e. The van der Waals surface area contributed by atoms with Gasteiger partial charge < -0.3 is 9.84 Å². The average molecular weight is 242 g/mol. The molecule has 0 saturated carbocycles. The van der Waals surface area contributed by atoms with Gasteiger partial charge in [0.15, 0.2) is 0 Å². The lowest BCUT2D eigenvalue weighted by molar-refractivity contribution is 0.0384. The second-order valence-electron chi connectivity index (χ2n) is 3.91. The molecule has 0 unspecified atom stereocenters. The van der Waals surface area contributed by atoms with E-state index in [-0.39, 0.29) is 6.61 Å². The van der Waals surface area contributed by atoms with E-state index in [0.29, 0.717) is 6.42 Å². The van der Waals surface area contributed by atoms with Crippen LogP contribution in [0.2, 0.25) is 0 Å². The molecule has 1 fully saturated rings. The minimum atomic E-state index is 0.187. The monoisotopic (exact) mass is 242 g/mol. The summed E-state index contributed by atoms with van der Waals surface area (Å²) in [7, 11) is 0. The highest BCUT2D eigenvalue weighted by molar-refractivity contribution is 7.09. The topological polar surface area (TPSA) is 45.6 Å². The third-order valence-corrected chi connectivity index (χ3v) is 3.67. The molecule has 2 heterocycles. The van der Waals surface area contributed by atoms with Gasteiger partial charge in [0.05, 0.1) is 23.9 Å². The van der Waals surface area contributed by atoms with Gasteiger partial charge in [-0.15, -0.1) is 11.3 Å². The second-order valence-corrected chi connectivity index (χ2v) is 4.85. The van der Waals surface area contributed by atoms with Crippen molar-refractivity contribution in [2.24, 2.45) is 0 Å². The van der Waals surface area contributed by atoms with Gasteiger partial charge >= 0.3 is 0 Å². The van der Waals surface area contributed by atoms with Crippen molar-refractivity contribution in [1.29, 1.82) is 0 Å². The first-order valence-electron chi connectivity index (χ1n) is 5.73. The quantitative estimate of drug-likeness (QED) is 0.819. The lowest BCUT2D eigenvalue weighted by Crippen LogP contribution is -2.37. The second kappa shape index (κ2) is 6.30. The summed E-state index contributed by atoms with van der Waals surface area (Å²) < 4.78 is 5.31. The van der Waals surface area contributed by atoms with Crippen molar-refractivity contribution >= 4 is 11.3 Å². The molecule has 0 bridgehead atoms. The van der Waals surface area contributed by atoms with Gasteiger partial charge in [-0.25, -0.2) is 4.98 Å². The number of hydrogen-bond acceptors (Lipinski definition) is 5. The molecular weight excluding hydrogens is 224 g/mol. The fourth-order valence-electron chi connectivity index (χ4n) is 1.77. The van der Waals surface area contributed by atoms with Crippen molar-refractivity contribution in [3.63, 3.8) is 0 Å². The number of rotatable bonds is 5. The predicted octanol–water partition coefficient (Wildman–Crippen LogP) is 0.553. The van der Waals surface area contributed by atoms with E-state index in [0.717, 1.165) is 45.0 Å². The maximum Gasteiger partial charge on any atom is 0.0941 e. The molecule has 1 aromatic heterocycles. The molecule has 2 rings (SSSR count). The standard InChI is InChI=1S/C11H18N2O2S/c14-6-2-10-9-16-11(12-10)1-3-13-4-7-15-8-5-13/h9,14H,1-8H2. The first-order valence-corrected chi connectivity index (χ1v) is 6.60. The zero-order valence-electron chi connectivity index (χ0n) is 9.39. The number of aliphatic hydroxyl groups is 1. The molecule has 16 heavy (non-hydrogen) atoms. The normalized spacial score (nSPS) is 17.8. The maximum absolute atomic E-state index is 8.81. The maximum atomic E-state index is 8.81. The number of thiazole rings is 1. The minimum absolute atomic E-state index is 0.187. The van der Waals surface area contributed by atoms with Crippen LogP contribution in [0.1, 0.15) is 10.7 Å². The van der Waals surface area contributed by atoms with Crippen molar-refractivity contribution in [3.8, 4) is 0 Å². The largest absolute Gasteiger partial charge is 0.396 e. The fourth-order valence-corrected chi connectivity index (χ4v) is 2.59. The molecule has 1 aliphatic heterocycles. The van der Waals surface area contributed by atoms with Gasteiger partial charge in [0, 0.05) is 44.5 Å². The van der Waals surface area contributed by atoms with Gasteiger partial charge in [-0.3, -0.25) is 4.90 Å². The highest BCUT2D eigenvalue weighted by Gasteiger charge is 2.10. The molecule has 1 N–H and O–H groups in total. The van der Waals surface area contributed by atoms with E-state index in [1.165, 1.54) is 5.01 Å². The summed E-state index contributed by atoms with van der Waals surface area (Å²) >= 11 is 1.70. The molecule has 0 spiro atoms. The smallest absolute Gasteiger partial charge is 0.0941 e. The first kappa shape index (κ1) is 12.0. The van der Waals surface area contributed by atoms with E-state index in [9.17, 15) is 0 Å². The summed E-state index contributed by atoms with van der Waals surface area (Å²) in [6, 6.07) is 0. The Morgan fingerprint density at radius 1 is 1.38 bits per heavy atom. The Kier molecular flexibility index (Phi) is 4.71. The third kappa shape index (κ3) is 3.52. The van der Waals surface area contributed by atoms with Gasteiger partial charge in [0.1, 0.15) is 0 Å². The van der Waals surface area contributed by atoms with Crippen LogP contribution in [0.15, 0.2) is 5.38 Å². The van der Waals surface area contributed by atoms with Crippen LogP contribution in [0.4, 0.5) is 0 Å². The molecule has 1 saturated heterocycles. The van der Waals surface area contributed by atoms with E-state index in [1.54, 1.807) is 11.3 Å². The van der Waals surface area contributed by atoms with E-state index in [2.05, 4.69) is 9.88 Å². The van der Waals surface area contributed by atoms with Crippen molar-refractivity contribution in [2.45, 2.75) is 12.8 Å². The SMILES string of the molecule is OCCc1csc(CCN2CCOCC2)n1. The number of aliphatic hydroxyl groups excluding tert-OH is 1. The average Bonchev–Trinajstić information content (AvgIpc) is 2.76. The summed E-state index contributed by atoms with van der Waals surface area (Å²) in [6.45, 7) is 5.03. The Hall–Kier alpha value is -0.490. The van der Waals surface area contributed by atoms with E-state index in [1.807, 2.05) is 5.38 Å². The fraction of sp³-hybridized carbons (Fsp3) is 0.727. The molecule has 0 aliphatic carbocycles. The Bertz CT molecular complexity index is 311. The van der Waals surface area contributed by atoms with Crippen LogP contribution in [0.5, 0.6) is 0 Å². The van der Waals surface area contributed by atoms with Crippen LogP contribution in [-0.4, -0.2) is 54.4 Å². The molecule has 0 atom stereocenters. The molecule has 0 radical (unpaired) electrons. The van der Waals surface area contributed by atoms with Crippen LogP contribution in [0.3, 0.4) is 0 Å². The molecular formula is C11H18N2O2S. The summed E-state index contributed by atoms with van der Waals surface area (Å²) in [5.41, 5.74) is 1.02. The van der Waals surface area contributed by atoms with E-state index >= 15 is 0 Å². The number of morpholine rings is 1. The summed E-state index contributed by atoms with van der Waals surface area (Å²) in [5.74, 6) is 0. The zero-order valence-corrected chi connectivity index (χ0v) is 10.2. The highest BCUT2D eigenvalue weighted by atomic mass is 32.1. The number of hydrogen-bond donors (Lipinski definition) is 1. The predicted molar refractivity (Wildman–Crippen MR) is 63.9 cm³/mol. The van der Waals surface area contributed by atoms with Gasteiger partial charge in [-0.1, -0.05) is 0 Å². The first-order chi connectivity index (χ1) is 7.88. The van der Waals surface area contributed by atoms with Crippen LogP contribution >= 0.6 is 11.3 Å². The lowest BCUT2D eigenvalue weighted by Gasteiger charge is -2.25. The Morgan fingerprint density at radius 3 is 2.94 bits per heavy atom. The lowest BCUT2D eigenvalue weighted by atomic mass is 10.3. The number of ether oxygens (including phenoxy) is 1. The Labute approximate surface area is 99.9 Å². The van der Waals surface area contributed by atoms with Crippen LogP contribution in [0.25, 0.3) is 0 Å². The van der Waals surface area contributed by atoms with Crippen molar-refractivity contribution in [2.75, 3.05) is 39.5 Å². The van der Waals surface area contributed by atoms with Gasteiger partial charge in [-0.2, -0.15) is 0 Å². The van der Waals surface area contributed by atoms with Crippen molar-refractivity contribution in [3.05, 3.63) is 16.1 Å². The van der Waals surface area contributed by atoms with Gasteiger partial charge in [0.25, 0.3) is 0 Å². The van der Waals surface area contributed by atoms with E-state index in [4.69, 9.17) is 9.84 Å². The molecule has 1 aliphatic rings. The Morgan fingerprint density at radius 2 is 2.19 bits per heavy atom. The summed E-state index contributed by atoms with van der Waals surface area (Å²) in [5, 5.41) is 12.0. The molecule has 90 valence electrons. The van der Waals surface area contributed by atoms with Gasteiger partial charge in [-0.05, 0) is 0 Å². The third-order valence-electron chi connectivity index (χ3n) is 2.71. The van der Waals surface area contributed by atoms with Crippen LogP contribution in [-0.2, 0) is 17.6 Å². The molecule has 4 nitrogen and oxygen atoms in total. The van der Waals surface area contributed by atoms with Crippen LogP contribution < -0.4 is 0 Å². The van der Waals surface area contributed by atoms with Gasteiger partial charge in [0.2, 0.25) is 0 Å². The number of nitrogens with zero attached hydrogens (tertiary/aromatic N) is 2. The molecule has 5 heteroatoms. The summed E-state index contributed by atoms with van der Waals surface area (Å²) in [6.07, 6.45) is 1.68. The number of aromatic nitrogens is 1. The highest BCUT2D eigenvalue weighted by Crippen LogP contribution is 2.11. The summed E-state index contributed by atoms with van der Waals surface area (Å²) in [4.78, 5) is 6.90. The molecule has 1 aromatic rings. The Balaban J connectivity index is 1.75. The van der Waals surface area contributed by atoms with Crippen LogP contribution in [0, 0.1) is 0 Å². The molecule has 0 aromatic carbocycles. The van der Waals surface area contributed by atoms with E-state index < -0.39 is 0 Å². The molecule has 0 amide bonds. The van der Waals surface area contributed by atoms with Crippen molar-refractivity contribution in [1.82, 2.24) is 9.88 Å².